The minimum Gasteiger partial charge on any atom is -0.378 e. The maximum absolute atomic E-state index is 12.0. The minimum atomic E-state index is -0.310. The fourth-order valence-corrected chi connectivity index (χ4v) is 2.25. The second kappa shape index (κ2) is 6.98. The van der Waals surface area contributed by atoms with Gasteiger partial charge in [0.2, 0.25) is 5.91 Å². The summed E-state index contributed by atoms with van der Waals surface area (Å²) in [5.41, 5.74) is 1.25. The standard InChI is InChI=1S/C14H18N4O2/c1-2-16-14(19)13-10-20-7-6-18(13)9-11-4-3-5-17-12(11)8-15/h3-5,13H,2,6-7,9-10H2,1H3,(H,16,19). The molecule has 2 rings (SSSR count). The lowest BCUT2D eigenvalue weighted by Crippen LogP contribution is -2.53. The van der Waals surface area contributed by atoms with Gasteiger partial charge < -0.3 is 10.1 Å². The summed E-state index contributed by atoms with van der Waals surface area (Å²) in [5.74, 6) is -0.0328. The van der Waals surface area contributed by atoms with Crippen LogP contribution in [0.3, 0.4) is 0 Å². The molecule has 1 unspecified atom stereocenters. The fraction of sp³-hybridized carbons (Fsp3) is 0.500. The monoisotopic (exact) mass is 274 g/mol. The second-order valence-corrected chi connectivity index (χ2v) is 4.58. The van der Waals surface area contributed by atoms with Crippen LogP contribution >= 0.6 is 0 Å². The molecule has 20 heavy (non-hydrogen) atoms. The van der Waals surface area contributed by atoms with Crippen LogP contribution in [-0.4, -0.2) is 48.1 Å². The number of ether oxygens (including phenoxy) is 1. The molecule has 0 radical (unpaired) electrons. The summed E-state index contributed by atoms with van der Waals surface area (Å²) in [7, 11) is 0. The zero-order valence-corrected chi connectivity index (χ0v) is 11.5. The molecule has 0 bridgehead atoms. The van der Waals surface area contributed by atoms with E-state index in [4.69, 9.17) is 10.00 Å². The van der Waals surface area contributed by atoms with Crippen molar-refractivity contribution in [2.75, 3.05) is 26.3 Å². The lowest BCUT2D eigenvalue weighted by molar-refractivity contribution is -0.132. The predicted molar refractivity (Wildman–Crippen MR) is 72.7 cm³/mol. The number of aromatic nitrogens is 1. The number of hydrogen-bond donors (Lipinski definition) is 1. The molecule has 2 heterocycles. The highest BCUT2D eigenvalue weighted by Crippen LogP contribution is 2.14. The van der Waals surface area contributed by atoms with Crippen LogP contribution in [0.25, 0.3) is 0 Å². The summed E-state index contributed by atoms with van der Waals surface area (Å²) in [6.07, 6.45) is 1.60. The number of likely N-dealkylation sites (N-methyl/N-ethyl adjacent to an activating group) is 1. The molecule has 1 amide bonds. The van der Waals surface area contributed by atoms with E-state index >= 15 is 0 Å². The molecule has 1 atom stereocenters. The van der Waals surface area contributed by atoms with E-state index in [9.17, 15) is 4.79 Å². The first kappa shape index (κ1) is 14.4. The van der Waals surface area contributed by atoms with Crippen LogP contribution in [0.4, 0.5) is 0 Å². The highest BCUT2D eigenvalue weighted by atomic mass is 16.5. The first-order chi connectivity index (χ1) is 9.76. The van der Waals surface area contributed by atoms with Gasteiger partial charge in [-0.1, -0.05) is 6.07 Å². The topological polar surface area (TPSA) is 78.2 Å². The lowest BCUT2D eigenvalue weighted by atomic mass is 10.1. The second-order valence-electron chi connectivity index (χ2n) is 4.58. The number of morpholine rings is 1. The maximum Gasteiger partial charge on any atom is 0.239 e. The van der Waals surface area contributed by atoms with Crippen molar-refractivity contribution in [3.8, 4) is 6.07 Å². The Morgan fingerprint density at radius 1 is 1.70 bits per heavy atom. The molecule has 0 aliphatic carbocycles. The molecule has 1 N–H and O–H groups in total. The Morgan fingerprint density at radius 2 is 2.55 bits per heavy atom. The molecule has 106 valence electrons. The van der Waals surface area contributed by atoms with Crippen molar-refractivity contribution in [2.24, 2.45) is 0 Å². The molecule has 6 heteroatoms. The van der Waals surface area contributed by atoms with Crippen molar-refractivity contribution in [1.29, 1.82) is 5.26 Å². The average molecular weight is 274 g/mol. The van der Waals surface area contributed by atoms with Crippen LogP contribution in [0.5, 0.6) is 0 Å². The molecule has 1 saturated heterocycles. The highest BCUT2D eigenvalue weighted by molar-refractivity contribution is 5.81. The van der Waals surface area contributed by atoms with Gasteiger partial charge >= 0.3 is 0 Å². The third-order valence-corrected chi connectivity index (χ3v) is 3.26. The Balaban J connectivity index is 2.13. The van der Waals surface area contributed by atoms with E-state index < -0.39 is 0 Å². The van der Waals surface area contributed by atoms with Gasteiger partial charge in [-0.3, -0.25) is 9.69 Å². The van der Waals surface area contributed by atoms with Gasteiger partial charge in [-0.05, 0) is 13.0 Å². The Kier molecular flexibility index (Phi) is 5.04. The van der Waals surface area contributed by atoms with Gasteiger partial charge in [0.05, 0.1) is 13.2 Å². The number of amides is 1. The Hall–Kier alpha value is -1.97. The van der Waals surface area contributed by atoms with Crippen molar-refractivity contribution in [1.82, 2.24) is 15.2 Å². The normalized spacial score (nSPS) is 19.3. The third-order valence-electron chi connectivity index (χ3n) is 3.26. The number of pyridine rings is 1. The Morgan fingerprint density at radius 3 is 3.30 bits per heavy atom. The summed E-state index contributed by atoms with van der Waals surface area (Å²) in [6, 6.07) is 5.45. The smallest absolute Gasteiger partial charge is 0.239 e. The zero-order chi connectivity index (χ0) is 14.4. The van der Waals surface area contributed by atoms with E-state index in [2.05, 4.69) is 16.4 Å². The van der Waals surface area contributed by atoms with E-state index in [1.807, 2.05) is 17.9 Å². The van der Waals surface area contributed by atoms with Crippen molar-refractivity contribution in [2.45, 2.75) is 19.5 Å². The van der Waals surface area contributed by atoms with E-state index in [1.54, 1.807) is 12.3 Å². The highest BCUT2D eigenvalue weighted by Gasteiger charge is 2.29. The summed E-state index contributed by atoms with van der Waals surface area (Å²) in [6.45, 7) is 4.66. The SMILES string of the molecule is CCNC(=O)C1COCCN1Cc1cccnc1C#N. The van der Waals surface area contributed by atoms with Gasteiger partial charge in [0.25, 0.3) is 0 Å². The van der Waals surface area contributed by atoms with E-state index in [0.29, 0.717) is 38.5 Å². The van der Waals surface area contributed by atoms with Gasteiger partial charge in [-0.15, -0.1) is 0 Å². The van der Waals surface area contributed by atoms with Crippen molar-refractivity contribution in [3.05, 3.63) is 29.6 Å². The van der Waals surface area contributed by atoms with Crippen LogP contribution in [0.15, 0.2) is 18.3 Å². The van der Waals surface area contributed by atoms with Gasteiger partial charge in [0, 0.05) is 31.4 Å². The van der Waals surface area contributed by atoms with Crippen molar-refractivity contribution >= 4 is 5.91 Å². The molecule has 6 nitrogen and oxygen atoms in total. The van der Waals surface area contributed by atoms with Gasteiger partial charge in [-0.25, -0.2) is 4.98 Å². The van der Waals surface area contributed by atoms with Crippen LogP contribution < -0.4 is 5.32 Å². The number of carbonyl (C=O) groups excluding carboxylic acids is 1. The van der Waals surface area contributed by atoms with E-state index in [0.717, 1.165) is 5.56 Å². The number of rotatable bonds is 4. The zero-order valence-electron chi connectivity index (χ0n) is 11.5. The number of hydrogen-bond acceptors (Lipinski definition) is 5. The quantitative estimate of drug-likeness (QED) is 0.854. The van der Waals surface area contributed by atoms with Crippen LogP contribution in [-0.2, 0) is 16.1 Å². The van der Waals surface area contributed by atoms with Crippen LogP contribution in [0.2, 0.25) is 0 Å². The summed E-state index contributed by atoms with van der Waals surface area (Å²) in [5, 5.41) is 11.9. The van der Waals surface area contributed by atoms with Crippen molar-refractivity contribution in [3.63, 3.8) is 0 Å². The van der Waals surface area contributed by atoms with Gasteiger partial charge in [-0.2, -0.15) is 5.26 Å². The molecular weight excluding hydrogens is 256 g/mol. The number of nitrogens with one attached hydrogen (secondary N) is 1. The molecule has 1 aliphatic rings. The van der Waals surface area contributed by atoms with Gasteiger partial charge in [0.1, 0.15) is 17.8 Å². The van der Waals surface area contributed by atoms with E-state index in [-0.39, 0.29) is 11.9 Å². The molecule has 1 aliphatic heterocycles. The molecule has 0 aromatic carbocycles. The molecule has 1 aromatic heterocycles. The largest absolute Gasteiger partial charge is 0.378 e. The Labute approximate surface area is 118 Å². The van der Waals surface area contributed by atoms with E-state index in [1.165, 1.54) is 0 Å². The van der Waals surface area contributed by atoms with Crippen LogP contribution in [0.1, 0.15) is 18.2 Å². The van der Waals surface area contributed by atoms with Crippen molar-refractivity contribution < 1.29 is 9.53 Å². The Bertz CT molecular complexity index is 512. The third kappa shape index (κ3) is 3.32. The average Bonchev–Trinajstić information content (AvgIpc) is 2.48. The first-order valence-corrected chi connectivity index (χ1v) is 6.69. The number of nitrogens with zero attached hydrogens (tertiary/aromatic N) is 3. The molecule has 1 fully saturated rings. The lowest BCUT2D eigenvalue weighted by Gasteiger charge is -2.34. The summed E-state index contributed by atoms with van der Waals surface area (Å²) in [4.78, 5) is 18.1. The molecule has 1 aromatic rings. The molecule has 0 spiro atoms. The molecule has 0 saturated carbocycles. The first-order valence-electron chi connectivity index (χ1n) is 6.69. The molecular formula is C14H18N4O2. The number of nitriles is 1. The number of carbonyl (C=O) groups is 1. The predicted octanol–water partition coefficient (Wildman–Crippen LogP) is 0.290. The van der Waals surface area contributed by atoms with Gasteiger partial charge in [0.15, 0.2) is 0 Å². The maximum atomic E-state index is 12.0. The summed E-state index contributed by atoms with van der Waals surface area (Å²) < 4.78 is 5.39. The minimum absolute atomic E-state index is 0.0328. The van der Waals surface area contributed by atoms with Crippen LogP contribution in [0, 0.1) is 11.3 Å². The summed E-state index contributed by atoms with van der Waals surface area (Å²) >= 11 is 0. The fourth-order valence-electron chi connectivity index (χ4n) is 2.25.